The van der Waals surface area contributed by atoms with Crippen LogP contribution in [0.4, 0.5) is 0 Å². The molecule has 3 atom stereocenters. The van der Waals surface area contributed by atoms with Crippen LogP contribution in [0.2, 0.25) is 0 Å². The van der Waals surface area contributed by atoms with E-state index in [1.807, 2.05) is 19.1 Å². The fourth-order valence-electron chi connectivity index (χ4n) is 3.65. The minimum absolute atomic E-state index is 0.0927. The normalized spacial score (nSPS) is 29.2. The fraction of sp³-hybridized carbons (Fsp3) is 0.600. The lowest BCUT2D eigenvalue weighted by Gasteiger charge is -2.32. The van der Waals surface area contributed by atoms with Crippen molar-refractivity contribution in [1.82, 2.24) is 4.90 Å². The summed E-state index contributed by atoms with van der Waals surface area (Å²) in [6, 6.07) is 3.22. The highest BCUT2D eigenvalue weighted by Gasteiger charge is 2.47. The number of carboxylic acids is 1. The second-order valence-corrected chi connectivity index (χ2v) is 7.11. The SMILES string of the molecule is Cc1ccc(C(=O)N2C(C(=O)O)CC3CCCCC32)s1. The molecule has 1 aromatic heterocycles. The molecule has 3 rings (SSSR count). The van der Waals surface area contributed by atoms with E-state index in [9.17, 15) is 14.7 Å². The highest BCUT2D eigenvalue weighted by molar-refractivity contribution is 7.13. The Kier molecular flexibility index (Phi) is 3.54. The van der Waals surface area contributed by atoms with Crippen LogP contribution in [0.15, 0.2) is 12.1 Å². The maximum Gasteiger partial charge on any atom is 0.326 e. The van der Waals surface area contributed by atoms with Crippen LogP contribution in [0.1, 0.15) is 46.7 Å². The molecule has 4 nitrogen and oxygen atoms in total. The standard InChI is InChI=1S/C15H19NO3S/c1-9-6-7-13(20-9)14(17)16-11-5-3-2-4-10(11)8-12(16)15(18)19/h6-7,10-12H,2-5,8H2,1H3,(H,18,19). The average Bonchev–Trinajstić information content (AvgIpc) is 3.01. The first-order valence-corrected chi connectivity index (χ1v) is 8.01. The van der Waals surface area contributed by atoms with Gasteiger partial charge in [0.25, 0.3) is 5.91 Å². The van der Waals surface area contributed by atoms with Crippen LogP contribution in [0.25, 0.3) is 0 Å². The number of rotatable bonds is 2. The molecule has 1 aliphatic heterocycles. The zero-order valence-corrected chi connectivity index (χ0v) is 12.4. The molecule has 1 aliphatic carbocycles. The summed E-state index contributed by atoms with van der Waals surface area (Å²) in [5, 5.41) is 9.44. The average molecular weight is 293 g/mol. The van der Waals surface area contributed by atoms with Gasteiger partial charge < -0.3 is 10.0 Å². The summed E-state index contributed by atoms with van der Waals surface area (Å²) in [7, 11) is 0. The van der Waals surface area contributed by atoms with E-state index in [1.165, 1.54) is 11.3 Å². The third kappa shape index (κ3) is 2.24. The maximum atomic E-state index is 12.7. The second kappa shape index (κ2) is 5.20. The van der Waals surface area contributed by atoms with Gasteiger partial charge in [-0.3, -0.25) is 4.79 Å². The van der Waals surface area contributed by atoms with Gasteiger partial charge in [-0.2, -0.15) is 0 Å². The zero-order chi connectivity index (χ0) is 14.3. The largest absolute Gasteiger partial charge is 0.480 e. The molecule has 1 amide bonds. The van der Waals surface area contributed by atoms with Crippen molar-refractivity contribution in [3.05, 3.63) is 21.9 Å². The number of hydrogen-bond acceptors (Lipinski definition) is 3. The van der Waals surface area contributed by atoms with Gasteiger partial charge in [-0.05, 0) is 44.2 Å². The third-order valence-electron chi connectivity index (χ3n) is 4.56. The predicted molar refractivity (Wildman–Crippen MR) is 77.0 cm³/mol. The minimum Gasteiger partial charge on any atom is -0.480 e. The number of aryl methyl sites for hydroxylation is 1. The number of fused-ring (bicyclic) bond motifs is 1. The van der Waals surface area contributed by atoms with Crippen molar-refractivity contribution >= 4 is 23.2 Å². The number of carbonyl (C=O) groups excluding carboxylic acids is 1. The van der Waals surface area contributed by atoms with Crippen LogP contribution in [-0.4, -0.2) is 34.0 Å². The molecule has 108 valence electrons. The van der Waals surface area contributed by atoms with Crippen molar-refractivity contribution in [2.45, 2.75) is 51.1 Å². The van der Waals surface area contributed by atoms with Crippen molar-refractivity contribution < 1.29 is 14.7 Å². The summed E-state index contributed by atoms with van der Waals surface area (Å²) in [5.74, 6) is -0.583. The van der Waals surface area contributed by atoms with Crippen LogP contribution in [-0.2, 0) is 4.79 Å². The number of amides is 1. The van der Waals surface area contributed by atoms with Gasteiger partial charge in [0.15, 0.2) is 0 Å². The summed E-state index contributed by atoms with van der Waals surface area (Å²) in [4.78, 5) is 27.6. The van der Waals surface area contributed by atoms with E-state index in [0.717, 1.165) is 30.6 Å². The number of likely N-dealkylation sites (tertiary alicyclic amines) is 1. The van der Waals surface area contributed by atoms with Crippen molar-refractivity contribution in [1.29, 1.82) is 0 Å². The van der Waals surface area contributed by atoms with Crippen molar-refractivity contribution in [2.75, 3.05) is 0 Å². The number of hydrogen-bond donors (Lipinski definition) is 1. The summed E-state index contributed by atoms with van der Waals surface area (Å²) in [5.41, 5.74) is 0. The number of carboxylic acid groups (broad SMARTS) is 1. The second-order valence-electron chi connectivity index (χ2n) is 5.82. The maximum absolute atomic E-state index is 12.7. The number of aliphatic carboxylic acids is 1. The third-order valence-corrected chi connectivity index (χ3v) is 5.55. The molecule has 2 aliphatic rings. The van der Waals surface area contributed by atoms with Crippen LogP contribution in [0.3, 0.4) is 0 Å². The van der Waals surface area contributed by atoms with Gasteiger partial charge in [0.2, 0.25) is 0 Å². The first-order chi connectivity index (χ1) is 9.58. The van der Waals surface area contributed by atoms with E-state index in [-0.39, 0.29) is 11.9 Å². The lowest BCUT2D eigenvalue weighted by Crippen LogP contribution is -2.46. The Morgan fingerprint density at radius 1 is 1.30 bits per heavy atom. The Morgan fingerprint density at radius 3 is 2.70 bits per heavy atom. The lowest BCUT2D eigenvalue weighted by atomic mass is 9.85. The van der Waals surface area contributed by atoms with Crippen molar-refractivity contribution in [3.63, 3.8) is 0 Å². The highest BCUT2D eigenvalue weighted by atomic mass is 32.1. The Morgan fingerprint density at radius 2 is 2.05 bits per heavy atom. The van der Waals surface area contributed by atoms with E-state index in [0.29, 0.717) is 17.2 Å². The van der Waals surface area contributed by atoms with E-state index in [2.05, 4.69) is 0 Å². The number of carbonyl (C=O) groups is 2. The molecule has 0 aromatic carbocycles. The Hall–Kier alpha value is -1.36. The molecular formula is C15H19NO3S. The molecule has 1 saturated carbocycles. The van der Waals surface area contributed by atoms with Crippen LogP contribution < -0.4 is 0 Å². The minimum atomic E-state index is -0.860. The molecular weight excluding hydrogens is 274 g/mol. The summed E-state index contributed by atoms with van der Waals surface area (Å²) >= 11 is 1.45. The van der Waals surface area contributed by atoms with Crippen LogP contribution in [0.5, 0.6) is 0 Å². The van der Waals surface area contributed by atoms with E-state index in [1.54, 1.807) is 4.90 Å². The van der Waals surface area contributed by atoms with Gasteiger partial charge in [-0.15, -0.1) is 11.3 Å². The summed E-state index contributed by atoms with van der Waals surface area (Å²) < 4.78 is 0. The van der Waals surface area contributed by atoms with Crippen molar-refractivity contribution in [3.8, 4) is 0 Å². The first-order valence-electron chi connectivity index (χ1n) is 7.20. The van der Waals surface area contributed by atoms with E-state index < -0.39 is 12.0 Å². The quantitative estimate of drug-likeness (QED) is 0.912. The van der Waals surface area contributed by atoms with Gasteiger partial charge in [0, 0.05) is 10.9 Å². The van der Waals surface area contributed by atoms with Crippen LogP contribution >= 0.6 is 11.3 Å². The monoisotopic (exact) mass is 293 g/mol. The molecule has 0 bridgehead atoms. The van der Waals surface area contributed by atoms with Gasteiger partial charge in [0.1, 0.15) is 6.04 Å². The fourth-order valence-corrected chi connectivity index (χ4v) is 4.46. The van der Waals surface area contributed by atoms with E-state index >= 15 is 0 Å². The molecule has 1 N–H and O–H groups in total. The van der Waals surface area contributed by atoms with Gasteiger partial charge >= 0.3 is 5.97 Å². The number of thiophene rings is 1. The van der Waals surface area contributed by atoms with Crippen molar-refractivity contribution in [2.24, 2.45) is 5.92 Å². The smallest absolute Gasteiger partial charge is 0.326 e. The number of nitrogens with zero attached hydrogens (tertiary/aromatic N) is 1. The highest BCUT2D eigenvalue weighted by Crippen LogP contribution is 2.40. The molecule has 2 fully saturated rings. The molecule has 0 radical (unpaired) electrons. The molecule has 0 spiro atoms. The van der Waals surface area contributed by atoms with E-state index in [4.69, 9.17) is 0 Å². The Labute approximate surface area is 122 Å². The lowest BCUT2D eigenvalue weighted by molar-refractivity contribution is -0.141. The molecule has 2 heterocycles. The molecule has 3 unspecified atom stereocenters. The van der Waals surface area contributed by atoms with Gasteiger partial charge in [-0.1, -0.05) is 12.8 Å². The van der Waals surface area contributed by atoms with Gasteiger partial charge in [0.05, 0.1) is 4.88 Å². The molecule has 1 saturated heterocycles. The summed E-state index contributed by atoms with van der Waals surface area (Å²) in [6.07, 6.45) is 4.89. The zero-order valence-electron chi connectivity index (χ0n) is 11.5. The topological polar surface area (TPSA) is 57.6 Å². The van der Waals surface area contributed by atoms with Gasteiger partial charge in [-0.25, -0.2) is 4.79 Å². The Balaban J connectivity index is 1.90. The molecule has 20 heavy (non-hydrogen) atoms. The molecule has 5 heteroatoms. The molecule has 1 aromatic rings. The first kappa shape index (κ1) is 13.6. The van der Waals surface area contributed by atoms with Crippen LogP contribution in [0, 0.1) is 12.8 Å². The predicted octanol–water partition coefficient (Wildman–Crippen LogP) is 2.91. The Bertz CT molecular complexity index is 539. The summed E-state index contributed by atoms with van der Waals surface area (Å²) in [6.45, 7) is 1.96.